The zero-order valence-electron chi connectivity index (χ0n) is 17.9. The van der Waals surface area contributed by atoms with Crippen molar-refractivity contribution in [2.24, 2.45) is 0 Å². The van der Waals surface area contributed by atoms with Crippen molar-refractivity contribution in [3.8, 4) is 0 Å². The summed E-state index contributed by atoms with van der Waals surface area (Å²) in [4.78, 5) is 19.3. The second kappa shape index (κ2) is 9.26. The number of piperidine rings is 1. The van der Waals surface area contributed by atoms with Crippen molar-refractivity contribution in [2.75, 3.05) is 19.6 Å². The maximum Gasteiger partial charge on any atom is 0.239 e. The Morgan fingerprint density at radius 2 is 2.06 bits per heavy atom. The van der Waals surface area contributed by atoms with Crippen LogP contribution in [0.25, 0.3) is 16.6 Å². The Balaban J connectivity index is 1.34. The van der Waals surface area contributed by atoms with Gasteiger partial charge in [0.2, 0.25) is 5.91 Å². The van der Waals surface area contributed by atoms with Crippen LogP contribution in [0.3, 0.4) is 0 Å². The first-order valence-electron chi connectivity index (χ1n) is 11.2. The molecule has 0 unspecified atom stereocenters. The number of imidazole rings is 1. The lowest BCUT2D eigenvalue weighted by Gasteiger charge is -2.32. The van der Waals surface area contributed by atoms with Crippen molar-refractivity contribution in [1.29, 1.82) is 0 Å². The predicted octanol–water partition coefficient (Wildman–Crippen LogP) is 5.15. The van der Waals surface area contributed by atoms with E-state index in [1.165, 1.54) is 11.1 Å². The van der Waals surface area contributed by atoms with Gasteiger partial charge < -0.3 is 14.8 Å². The molecule has 1 aromatic heterocycles. The highest BCUT2D eigenvalue weighted by Gasteiger charge is 2.26. The molecule has 1 saturated heterocycles. The molecule has 3 aromatic rings. The highest BCUT2D eigenvalue weighted by molar-refractivity contribution is 6.35. The number of nitrogens with zero attached hydrogens (tertiary/aromatic N) is 3. The van der Waals surface area contributed by atoms with Gasteiger partial charge in [0.05, 0.1) is 29.9 Å². The number of rotatable bonds is 4. The summed E-state index contributed by atoms with van der Waals surface area (Å²) in [5, 5.41) is 4.66. The fraction of sp³-hybridized carbons (Fsp3) is 0.360. The quantitative estimate of drug-likeness (QED) is 0.575. The van der Waals surface area contributed by atoms with Gasteiger partial charge in [0.15, 0.2) is 0 Å². The molecule has 0 saturated carbocycles. The number of benzene rings is 2. The minimum absolute atomic E-state index is 0.0101. The fourth-order valence-electron chi connectivity index (χ4n) is 4.63. The molecule has 32 heavy (non-hydrogen) atoms. The summed E-state index contributed by atoms with van der Waals surface area (Å²) in [6.07, 6.45) is 8.16. The zero-order chi connectivity index (χ0) is 22.1. The van der Waals surface area contributed by atoms with Gasteiger partial charge in [0.1, 0.15) is 0 Å². The smallest absolute Gasteiger partial charge is 0.239 e. The van der Waals surface area contributed by atoms with Crippen LogP contribution in [-0.4, -0.2) is 46.0 Å². The largest absolute Gasteiger partial charge is 0.337 e. The number of carbonyl (C=O) groups is 1. The summed E-state index contributed by atoms with van der Waals surface area (Å²) >= 11 is 12.4. The fourth-order valence-corrected chi connectivity index (χ4v) is 5.10. The molecule has 2 aliphatic heterocycles. The van der Waals surface area contributed by atoms with Gasteiger partial charge in [-0.3, -0.25) is 4.79 Å². The standard InChI is InChI=1S/C25H26Cl2N4O/c26-20-6-4-19(21(27)14-20)15-31-16-29-22-7-5-18(13-24(22)31)17-8-11-30(12-9-17)25(32)23-3-1-2-10-28-23/h4-8,13-14,16,23,28H,1-3,9-12,15H2/t23-/m1/s1. The summed E-state index contributed by atoms with van der Waals surface area (Å²) < 4.78 is 2.11. The molecule has 1 N–H and O–H groups in total. The molecular weight excluding hydrogens is 443 g/mol. The van der Waals surface area contributed by atoms with E-state index in [0.717, 1.165) is 55.4 Å². The molecule has 2 aromatic carbocycles. The predicted molar refractivity (Wildman–Crippen MR) is 130 cm³/mol. The molecule has 7 heteroatoms. The van der Waals surface area contributed by atoms with Crippen molar-refractivity contribution in [1.82, 2.24) is 19.8 Å². The highest BCUT2D eigenvalue weighted by Crippen LogP contribution is 2.28. The van der Waals surface area contributed by atoms with Gasteiger partial charge in [0.25, 0.3) is 0 Å². The topological polar surface area (TPSA) is 50.2 Å². The van der Waals surface area contributed by atoms with E-state index in [1.54, 1.807) is 6.07 Å². The van der Waals surface area contributed by atoms with Crippen LogP contribution in [0.2, 0.25) is 10.0 Å². The molecule has 5 nitrogen and oxygen atoms in total. The summed E-state index contributed by atoms with van der Waals surface area (Å²) in [6.45, 7) is 3.01. The summed E-state index contributed by atoms with van der Waals surface area (Å²) in [5.74, 6) is 0.244. The van der Waals surface area contributed by atoms with Crippen LogP contribution in [0.4, 0.5) is 0 Å². The van der Waals surface area contributed by atoms with E-state index < -0.39 is 0 Å². The van der Waals surface area contributed by atoms with Crippen molar-refractivity contribution in [3.05, 3.63) is 70.0 Å². The Morgan fingerprint density at radius 1 is 1.16 bits per heavy atom. The number of fused-ring (bicyclic) bond motifs is 1. The average molecular weight is 469 g/mol. The third kappa shape index (κ3) is 4.42. The number of hydrogen-bond acceptors (Lipinski definition) is 3. The first kappa shape index (κ1) is 21.5. The van der Waals surface area contributed by atoms with Crippen LogP contribution in [0, 0.1) is 0 Å². The van der Waals surface area contributed by atoms with Crippen molar-refractivity contribution in [2.45, 2.75) is 38.3 Å². The second-order valence-corrected chi connectivity index (χ2v) is 9.42. The molecule has 5 rings (SSSR count). The third-order valence-corrected chi connectivity index (χ3v) is 7.06. The number of amides is 1. The van der Waals surface area contributed by atoms with E-state index in [1.807, 2.05) is 23.4 Å². The van der Waals surface area contributed by atoms with Crippen LogP contribution in [-0.2, 0) is 11.3 Å². The molecular formula is C25H26Cl2N4O. The molecule has 166 valence electrons. The van der Waals surface area contributed by atoms with E-state index in [2.05, 4.69) is 39.1 Å². The number of nitrogens with one attached hydrogen (secondary N) is 1. The Labute approximate surface area is 198 Å². The molecule has 3 heterocycles. The van der Waals surface area contributed by atoms with Crippen LogP contribution in [0.5, 0.6) is 0 Å². The van der Waals surface area contributed by atoms with E-state index in [9.17, 15) is 4.79 Å². The Bertz CT molecular complexity index is 1180. The third-order valence-electron chi connectivity index (χ3n) is 6.48. The van der Waals surface area contributed by atoms with Gasteiger partial charge in [-0.1, -0.05) is 47.8 Å². The molecule has 2 aliphatic rings. The van der Waals surface area contributed by atoms with E-state index >= 15 is 0 Å². The minimum Gasteiger partial charge on any atom is -0.337 e. The van der Waals surface area contributed by atoms with Crippen LogP contribution in [0.15, 0.2) is 48.8 Å². The van der Waals surface area contributed by atoms with Crippen molar-refractivity contribution < 1.29 is 4.79 Å². The monoisotopic (exact) mass is 468 g/mol. The van der Waals surface area contributed by atoms with Gasteiger partial charge in [-0.25, -0.2) is 4.98 Å². The molecule has 0 aliphatic carbocycles. The number of aromatic nitrogens is 2. The van der Waals surface area contributed by atoms with Crippen molar-refractivity contribution >= 4 is 45.7 Å². The van der Waals surface area contributed by atoms with Crippen LogP contribution in [0.1, 0.15) is 36.8 Å². The summed E-state index contributed by atoms with van der Waals surface area (Å²) in [5.41, 5.74) is 5.49. The lowest BCUT2D eigenvalue weighted by atomic mass is 9.97. The van der Waals surface area contributed by atoms with Gasteiger partial charge in [-0.15, -0.1) is 0 Å². The Hall–Kier alpha value is -2.34. The summed E-state index contributed by atoms with van der Waals surface area (Å²) in [6, 6.07) is 12.0. The lowest BCUT2D eigenvalue weighted by molar-refractivity contribution is -0.133. The molecule has 1 atom stereocenters. The number of carbonyl (C=O) groups excluding carboxylic acids is 1. The Kier molecular flexibility index (Phi) is 6.22. The van der Waals surface area contributed by atoms with E-state index in [0.29, 0.717) is 23.1 Å². The van der Waals surface area contributed by atoms with Gasteiger partial charge in [0, 0.05) is 23.1 Å². The van der Waals surface area contributed by atoms with Crippen LogP contribution < -0.4 is 5.32 Å². The van der Waals surface area contributed by atoms with Gasteiger partial charge in [-0.2, -0.15) is 0 Å². The highest BCUT2D eigenvalue weighted by atomic mass is 35.5. The molecule has 1 fully saturated rings. The second-order valence-electron chi connectivity index (χ2n) is 8.58. The molecule has 0 spiro atoms. The SMILES string of the molecule is O=C([C@H]1CCCCN1)N1CC=C(c2ccc3ncn(Cc4ccc(Cl)cc4Cl)c3c2)CC1. The lowest BCUT2D eigenvalue weighted by Crippen LogP contribution is -2.49. The normalized spacial score (nSPS) is 19.2. The first-order chi connectivity index (χ1) is 15.6. The molecule has 0 radical (unpaired) electrons. The maximum absolute atomic E-state index is 12.8. The number of hydrogen-bond donors (Lipinski definition) is 1. The van der Waals surface area contributed by atoms with E-state index in [4.69, 9.17) is 23.2 Å². The molecule has 1 amide bonds. The Morgan fingerprint density at radius 3 is 2.81 bits per heavy atom. The average Bonchev–Trinajstić information content (AvgIpc) is 3.23. The van der Waals surface area contributed by atoms with Gasteiger partial charge >= 0.3 is 0 Å². The first-order valence-corrected chi connectivity index (χ1v) is 11.9. The van der Waals surface area contributed by atoms with Crippen LogP contribution >= 0.6 is 23.2 Å². The molecule has 0 bridgehead atoms. The van der Waals surface area contributed by atoms with Gasteiger partial charge in [-0.05, 0) is 66.8 Å². The zero-order valence-corrected chi connectivity index (χ0v) is 19.4. The number of halogens is 2. The maximum atomic E-state index is 12.8. The van der Waals surface area contributed by atoms with E-state index in [-0.39, 0.29) is 11.9 Å². The summed E-state index contributed by atoms with van der Waals surface area (Å²) in [7, 11) is 0. The minimum atomic E-state index is -0.0101. The van der Waals surface area contributed by atoms with Crippen molar-refractivity contribution in [3.63, 3.8) is 0 Å².